The Bertz CT molecular complexity index is 349. The number of nitrogens with zero attached hydrogens (tertiary/aromatic N) is 1. The van der Waals surface area contributed by atoms with Gasteiger partial charge in [0.05, 0.1) is 13.2 Å². The Morgan fingerprint density at radius 2 is 1.94 bits per heavy atom. The number of methoxy groups -OCH3 is 1. The molecule has 1 aromatic rings. The lowest BCUT2D eigenvalue weighted by molar-refractivity contribution is -0.119. The first-order valence-electron chi connectivity index (χ1n) is 5.19. The molecule has 88 valence electrons. The normalized spacial score (nSPS) is 12.0. The number of carbonyl (C=O) groups is 1. The predicted octanol–water partition coefficient (Wildman–Crippen LogP) is 1.27. The minimum absolute atomic E-state index is 0.0349. The van der Waals surface area contributed by atoms with Crippen molar-refractivity contribution in [3.8, 4) is 5.75 Å². The van der Waals surface area contributed by atoms with Gasteiger partial charge in [-0.15, -0.1) is 0 Å². The molecular formula is C12H18N2O2. The topological polar surface area (TPSA) is 41.6 Å². The molecule has 0 saturated heterocycles. The molecule has 16 heavy (non-hydrogen) atoms. The van der Waals surface area contributed by atoms with Crippen molar-refractivity contribution in [2.45, 2.75) is 13.0 Å². The number of ether oxygens (including phenoxy) is 1. The quantitative estimate of drug-likeness (QED) is 0.834. The van der Waals surface area contributed by atoms with Gasteiger partial charge in [-0.25, -0.2) is 0 Å². The molecule has 1 amide bonds. The molecule has 4 heteroatoms. The van der Waals surface area contributed by atoms with Crippen LogP contribution in [-0.2, 0) is 4.79 Å². The van der Waals surface area contributed by atoms with Crippen LogP contribution in [0.25, 0.3) is 0 Å². The second-order valence-corrected chi connectivity index (χ2v) is 3.61. The third-order valence-corrected chi connectivity index (χ3v) is 2.59. The number of amides is 1. The van der Waals surface area contributed by atoms with E-state index in [-0.39, 0.29) is 11.9 Å². The number of anilines is 1. The van der Waals surface area contributed by atoms with Crippen molar-refractivity contribution in [2.75, 3.05) is 26.1 Å². The Morgan fingerprint density at radius 3 is 2.38 bits per heavy atom. The van der Waals surface area contributed by atoms with Gasteiger partial charge in [-0.2, -0.15) is 0 Å². The van der Waals surface area contributed by atoms with E-state index in [4.69, 9.17) is 4.74 Å². The first-order chi connectivity index (χ1) is 7.60. The second kappa shape index (κ2) is 5.51. The SMILES string of the molecule is CNC(C)C(=O)N(C)c1ccc(OC)cc1. The van der Waals surface area contributed by atoms with Crippen LogP contribution in [0.2, 0.25) is 0 Å². The van der Waals surface area contributed by atoms with Crippen molar-refractivity contribution in [3.05, 3.63) is 24.3 Å². The highest BCUT2D eigenvalue weighted by molar-refractivity contribution is 5.96. The van der Waals surface area contributed by atoms with Crippen LogP contribution in [-0.4, -0.2) is 33.2 Å². The number of hydrogen-bond donors (Lipinski definition) is 1. The summed E-state index contributed by atoms with van der Waals surface area (Å²) in [7, 11) is 5.15. The zero-order valence-electron chi connectivity index (χ0n) is 10.2. The van der Waals surface area contributed by atoms with Gasteiger partial charge in [-0.05, 0) is 38.2 Å². The number of carbonyl (C=O) groups excluding carboxylic acids is 1. The number of likely N-dealkylation sites (N-methyl/N-ethyl adjacent to an activating group) is 2. The lowest BCUT2D eigenvalue weighted by Gasteiger charge is -2.21. The summed E-state index contributed by atoms with van der Waals surface area (Å²) < 4.78 is 5.06. The molecule has 1 atom stereocenters. The summed E-state index contributed by atoms with van der Waals surface area (Å²) in [5.74, 6) is 0.818. The van der Waals surface area contributed by atoms with Crippen LogP contribution < -0.4 is 15.0 Å². The van der Waals surface area contributed by atoms with Crippen LogP contribution >= 0.6 is 0 Å². The summed E-state index contributed by atoms with van der Waals surface area (Å²) in [5, 5.41) is 2.92. The molecule has 1 N–H and O–H groups in total. The monoisotopic (exact) mass is 222 g/mol. The Hall–Kier alpha value is -1.55. The van der Waals surface area contributed by atoms with Crippen molar-refractivity contribution in [3.63, 3.8) is 0 Å². The lowest BCUT2D eigenvalue weighted by Crippen LogP contribution is -2.41. The van der Waals surface area contributed by atoms with Gasteiger partial charge in [0, 0.05) is 12.7 Å². The van der Waals surface area contributed by atoms with Crippen molar-refractivity contribution in [1.82, 2.24) is 5.32 Å². The molecule has 0 aromatic heterocycles. The molecule has 4 nitrogen and oxygen atoms in total. The van der Waals surface area contributed by atoms with Gasteiger partial charge < -0.3 is 15.0 Å². The highest BCUT2D eigenvalue weighted by Gasteiger charge is 2.16. The minimum atomic E-state index is -0.188. The summed E-state index contributed by atoms with van der Waals surface area (Å²) in [4.78, 5) is 13.5. The molecule has 0 aliphatic rings. The van der Waals surface area contributed by atoms with Crippen LogP contribution in [0.15, 0.2) is 24.3 Å². The number of rotatable bonds is 4. The van der Waals surface area contributed by atoms with E-state index in [1.165, 1.54) is 0 Å². The van der Waals surface area contributed by atoms with Crippen LogP contribution in [0.1, 0.15) is 6.92 Å². The van der Waals surface area contributed by atoms with Crippen molar-refractivity contribution >= 4 is 11.6 Å². The van der Waals surface area contributed by atoms with E-state index in [9.17, 15) is 4.79 Å². The molecule has 1 aromatic carbocycles. The zero-order chi connectivity index (χ0) is 12.1. The fourth-order valence-corrected chi connectivity index (χ4v) is 1.35. The minimum Gasteiger partial charge on any atom is -0.497 e. The van der Waals surface area contributed by atoms with Gasteiger partial charge in [0.15, 0.2) is 0 Å². The summed E-state index contributed by atoms with van der Waals surface area (Å²) in [5.41, 5.74) is 0.855. The van der Waals surface area contributed by atoms with Gasteiger partial charge in [0.2, 0.25) is 5.91 Å². The Balaban J connectivity index is 2.79. The fraction of sp³-hybridized carbons (Fsp3) is 0.417. The van der Waals surface area contributed by atoms with E-state index in [1.54, 1.807) is 26.1 Å². The molecule has 0 aliphatic heterocycles. The lowest BCUT2D eigenvalue weighted by atomic mass is 10.2. The van der Waals surface area contributed by atoms with Crippen molar-refractivity contribution in [2.24, 2.45) is 0 Å². The van der Waals surface area contributed by atoms with E-state index in [1.807, 2.05) is 31.2 Å². The third-order valence-electron chi connectivity index (χ3n) is 2.59. The highest BCUT2D eigenvalue weighted by atomic mass is 16.5. The smallest absolute Gasteiger partial charge is 0.243 e. The predicted molar refractivity (Wildman–Crippen MR) is 64.9 cm³/mol. The third kappa shape index (κ3) is 2.73. The Labute approximate surface area is 96.2 Å². The molecule has 0 heterocycles. The summed E-state index contributed by atoms with van der Waals surface area (Å²) >= 11 is 0. The van der Waals surface area contributed by atoms with Crippen LogP contribution in [0, 0.1) is 0 Å². The summed E-state index contributed by atoms with van der Waals surface area (Å²) in [6, 6.07) is 7.21. The molecular weight excluding hydrogens is 204 g/mol. The van der Waals surface area contributed by atoms with E-state index in [0.717, 1.165) is 11.4 Å². The van der Waals surface area contributed by atoms with Crippen molar-refractivity contribution in [1.29, 1.82) is 0 Å². The fourth-order valence-electron chi connectivity index (χ4n) is 1.35. The van der Waals surface area contributed by atoms with Gasteiger partial charge in [0.25, 0.3) is 0 Å². The molecule has 1 unspecified atom stereocenters. The number of hydrogen-bond acceptors (Lipinski definition) is 3. The van der Waals surface area contributed by atoms with E-state index >= 15 is 0 Å². The first-order valence-corrected chi connectivity index (χ1v) is 5.19. The van der Waals surface area contributed by atoms with Crippen LogP contribution in [0.4, 0.5) is 5.69 Å². The molecule has 0 aliphatic carbocycles. The summed E-state index contributed by atoms with van der Waals surface area (Å²) in [6.45, 7) is 1.84. The molecule has 0 spiro atoms. The zero-order valence-corrected chi connectivity index (χ0v) is 10.2. The maximum absolute atomic E-state index is 11.9. The van der Waals surface area contributed by atoms with Gasteiger partial charge >= 0.3 is 0 Å². The molecule has 1 rings (SSSR count). The van der Waals surface area contributed by atoms with Crippen LogP contribution in [0.5, 0.6) is 5.75 Å². The first kappa shape index (κ1) is 12.5. The van der Waals surface area contributed by atoms with Gasteiger partial charge in [-0.1, -0.05) is 0 Å². The summed E-state index contributed by atoms with van der Waals surface area (Å²) in [6.07, 6.45) is 0. The molecule has 0 fully saturated rings. The Morgan fingerprint density at radius 1 is 1.38 bits per heavy atom. The van der Waals surface area contributed by atoms with Gasteiger partial charge in [-0.3, -0.25) is 4.79 Å². The highest BCUT2D eigenvalue weighted by Crippen LogP contribution is 2.18. The Kier molecular flexibility index (Phi) is 4.31. The average molecular weight is 222 g/mol. The number of benzene rings is 1. The molecule has 0 radical (unpaired) electrons. The largest absolute Gasteiger partial charge is 0.497 e. The maximum Gasteiger partial charge on any atom is 0.243 e. The molecule has 0 bridgehead atoms. The number of nitrogens with one attached hydrogen (secondary N) is 1. The second-order valence-electron chi connectivity index (χ2n) is 3.61. The van der Waals surface area contributed by atoms with Gasteiger partial charge in [0.1, 0.15) is 5.75 Å². The van der Waals surface area contributed by atoms with Crippen molar-refractivity contribution < 1.29 is 9.53 Å². The standard InChI is InChI=1S/C12H18N2O2/c1-9(13-2)12(15)14(3)10-5-7-11(16-4)8-6-10/h5-9,13H,1-4H3. The van der Waals surface area contributed by atoms with E-state index < -0.39 is 0 Å². The van der Waals surface area contributed by atoms with E-state index in [2.05, 4.69) is 5.32 Å². The maximum atomic E-state index is 11.9. The van der Waals surface area contributed by atoms with E-state index in [0.29, 0.717) is 0 Å². The average Bonchev–Trinajstić information content (AvgIpc) is 2.36. The van der Waals surface area contributed by atoms with Crippen LogP contribution in [0.3, 0.4) is 0 Å². The molecule has 0 saturated carbocycles.